The lowest BCUT2D eigenvalue weighted by atomic mass is 10.0. The van der Waals surface area contributed by atoms with Gasteiger partial charge in [-0.05, 0) is 25.5 Å². The molecule has 35 heavy (non-hydrogen) atoms. The first-order valence-electron chi connectivity index (χ1n) is 11.0. The molecule has 2 aliphatic heterocycles. The van der Waals surface area contributed by atoms with Crippen molar-refractivity contribution in [3.05, 3.63) is 51.5 Å². The highest BCUT2D eigenvalue weighted by molar-refractivity contribution is 7.16. The lowest BCUT2D eigenvalue weighted by molar-refractivity contribution is 0.102. The summed E-state index contributed by atoms with van der Waals surface area (Å²) in [5.74, 6) is 0.117. The Bertz CT molecular complexity index is 1290. The monoisotopic (exact) mass is 514 g/mol. The molecule has 5 rings (SSSR count). The maximum absolute atomic E-state index is 13.2. The van der Waals surface area contributed by atoms with Gasteiger partial charge in [-0.15, -0.1) is 0 Å². The normalized spacial score (nSPS) is 17.0. The van der Waals surface area contributed by atoms with E-state index in [0.717, 1.165) is 16.3 Å². The van der Waals surface area contributed by atoms with E-state index in [4.69, 9.17) is 16.3 Å². The fourth-order valence-electron chi connectivity index (χ4n) is 4.26. The molecule has 3 aromatic rings. The molecule has 1 atom stereocenters. The van der Waals surface area contributed by atoms with Crippen LogP contribution in [0.15, 0.2) is 24.5 Å². The second-order valence-corrected chi connectivity index (χ2v) is 9.92. The number of anilines is 1. The summed E-state index contributed by atoms with van der Waals surface area (Å²) in [4.78, 5) is 43.1. The number of likely N-dealkylation sites (tertiary alicyclic amines) is 1. The van der Waals surface area contributed by atoms with Crippen LogP contribution in [0.25, 0.3) is 11.1 Å². The van der Waals surface area contributed by atoms with Crippen molar-refractivity contribution in [2.45, 2.75) is 32.5 Å². The van der Waals surface area contributed by atoms with Gasteiger partial charge in [-0.2, -0.15) is 0 Å². The van der Waals surface area contributed by atoms with Gasteiger partial charge in [0.05, 0.1) is 48.6 Å². The molecule has 1 fully saturated rings. The number of halogens is 1. The van der Waals surface area contributed by atoms with E-state index < -0.39 is 6.10 Å². The first kappa shape index (κ1) is 23.5. The number of thiazole rings is 1. The van der Waals surface area contributed by atoms with Crippen LogP contribution < -0.4 is 10.1 Å². The molecule has 10 nitrogen and oxygen atoms in total. The van der Waals surface area contributed by atoms with E-state index in [1.54, 1.807) is 21.9 Å². The number of aromatic nitrogens is 3. The molecule has 2 aliphatic rings. The van der Waals surface area contributed by atoms with Crippen LogP contribution in [-0.4, -0.2) is 68.1 Å². The van der Waals surface area contributed by atoms with Crippen molar-refractivity contribution in [3.8, 4) is 16.9 Å². The lowest BCUT2D eigenvalue weighted by Crippen LogP contribution is -2.39. The molecule has 1 saturated heterocycles. The van der Waals surface area contributed by atoms with Gasteiger partial charge in [-0.1, -0.05) is 22.9 Å². The standard InChI is InChI=1S/C23H23ClN6O4S/c1-12-5-14(15-6-20(24)26-8-18(15)34-2)16(7-25-12)21(32)28-22-27-17-10-30(11-19(17)35-22)23(33)29-4-3-13(31)9-29/h5-8,13,31H,3-4,9-11H2,1-2H3,(H,27,28,32)/t13-/m1/s1. The molecule has 0 radical (unpaired) electrons. The highest BCUT2D eigenvalue weighted by Gasteiger charge is 2.33. The topological polar surface area (TPSA) is 121 Å². The number of aliphatic hydroxyl groups excluding tert-OH is 1. The minimum absolute atomic E-state index is 0.0994. The molecule has 0 spiro atoms. The third kappa shape index (κ3) is 4.66. The molecule has 3 amide bonds. The Kier molecular flexibility index (Phi) is 6.30. The SMILES string of the molecule is COc1cnc(Cl)cc1-c1cc(C)ncc1C(=O)Nc1nc2c(s1)CN(C(=O)N1CC[C@@H](O)C1)C2. The molecule has 2 N–H and O–H groups in total. The van der Waals surface area contributed by atoms with Gasteiger partial charge in [0.15, 0.2) is 5.13 Å². The summed E-state index contributed by atoms with van der Waals surface area (Å²) < 4.78 is 5.43. The third-order valence-corrected chi connectivity index (χ3v) is 7.21. The maximum Gasteiger partial charge on any atom is 0.320 e. The van der Waals surface area contributed by atoms with Gasteiger partial charge in [0.25, 0.3) is 5.91 Å². The number of methoxy groups -OCH3 is 1. The van der Waals surface area contributed by atoms with E-state index >= 15 is 0 Å². The average molecular weight is 515 g/mol. The number of amides is 3. The van der Waals surface area contributed by atoms with Crippen molar-refractivity contribution in [3.63, 3.8) is 0 Å². The molecule has 0 aliphatic carbocycles. The van der Waals surface area contributed by atoms with Gasteiger partial charge in [-0.25, -0.2) is 14.8 Å². The molecule has 3 aromatic heterocycles. The zero-order chi connectivity index (χ0) is 24.7. The Morgan fingerprint density at radius 3 is 2.74 bits per heavy atom. The highest BCUT2D eigenvalue weighted by Crippen LogP contribution is 2.35. The lowest BCUT2D eigenvalue weighted by Gasteiger charge is -2.23. The van der Waals surface area contributed by atoms with Gasteiger partial charge in [0, 0.05) is 36.1 Å². The smallest absolute Gasteiger partial charge is 0.320 e. The van der Waals surface area contributed by atoms with Crippen LogP contribution in [0.3, 0.4) is 0 Å². The molecule has 0 unspecified atom stereocenters. The van der Waals surface area contributed by atoms with Gasteiger partial charge < -0.3 is 19.6 Å². The van der Waals surface area contributed by atoms with Crippen LogP contribution in [0.1, 0.15) is 33.0 Å². The second-order valence-electron chi connectivity index (χ2n) is 8.45. The second kappa shape index (κ2) is 9.40. The Morgan fingerprint density at radius 2 is 2.03 bits per heavy atom. The number of hydrogen-bond donors (Lipinski definition) is 2. The van der Waals surface area contributed by atoms with Crippen molar-refractivity contribution >= 4 is 40.0 Å². The number of nitrogens with zero attached hydrogens (tertiary/aromatic N) is 5. The van der Waals surface area contributed by atoms with Crippen LogP contribution in [0, 0.1) is 6.92 Å². The van der Waals surface area contributed by atoms with Crippen molar-refractivity contribution < 1.29 is 19.4 Å². The summed E-state index contributed by atoms with van der Waals surface area (Å²) in [6.45, 7) is 3.55. The number of ether oxygens (including phenoxy) is 1. The molecule has 0 bridgehead atoms. The Labute approximate surface area is 210 Å². The Morgan fingerprint density at radius 1 is 1.20 bits per heavy atom. The van der Waals surface area contributed by atoms with Crippen LogP contribution in [0.5, 0.6) is 5.75 Å². The molecule has 0 aromatic carbocycles. The summed E-state index contributed by atoms with van der Waals surface area (Å²) in [6.07, 6.45) is 3.17. The number of nitrogens with one attached hydrogen (secondary N) is 1. The van der Waals surface area contributed by atoms with E-state index in [0.29, 0.717) is 60.2 Å². The van der Waals surface area contributed by atoms with Crippen molar-refractivity contribution in [2.24, 2.45) is 0 Å². The summed E-state index contributed by atoms with van der Waals surface area (Å²) in [5, 5.41) is 13.3. The first-order valence-corrected chi connectivity index (χ1v) is 12.2. The van der Waals surface area contributed by atoms with E-state index in [1.807, 2.05) is 6.92 Å². The zero-order valence-corrected chi connectivity index (χ0v) is 20.7. The van der Waals surface area contributed by atoms with E-state index in [1.165, 1.54) is 30.8 Å². The largest absolute Gasteiger partial charge is 0.494 e. The summed E-state index contributed by atoms with van der Waals surface area (Å²) in [5.41, 5.74) is 3.09. The number of pyridine rings is 2. The predicted molar refractivity (Wildman–Crippen MR) is 131 cm³/mol. The predicted octanol–water partition coefficient (Wildman–Crippen LogP) is 3.33. The molecular formula is C23H23ClN6O4S. The Hall–Kier alpha value is -3.28. The number of rotatable bonds is 4. The van der Waals surface area contributed by atoms with E-state index in [9.17, 15) is 14.7 Å². The fraction of sp³-hybridized carbons (Fsp3) is 0.348. The summed E-state index contributed by atoms with van der Waals surface area (Å²) in [6, 6.07) is 3.34. The number of hydrogen-bond acceptors (Lipinski definition) is 8. The molecule has 5 heterocycles. The highest BCUT2D eigenvalue weighted by atomic mass is 35.5. The van der Waals surface area contributed by atoms with Gasteiger partial charge in [-0.3, -0.25) is 15.1 Å². The number of aliphatic hydroxyl groups is 1. The van der Waals surface area contributed by atoms with Crippen LogP contribution in [0.2, 0.25) is 5.15 Å². The van der Waals surface area contributed by atoms with Crippen LogP contribution in [-0.2, 0) is 13.1 Å². The van der Waals surface area contributed by atoms with Gasteiger partial charge in [0.1, 0.15) is 10.9 Å². The molecule has 182 valence electrons. The minimum atomic E-state index is -0.458. The average Bonchev–Trinajstić information content (AvgIpc) is 3.53. The van der Waals surface area contributed by atoms with Crippen LogP contribution >= 0.6 is 22.9 Å². The number of urea groups is 1. The molecular weight excluding hydrogens is 492 g/mol. The quantitative estimate of drug-likeness (QED) is 0.512. The van der Waals surface area contributed by atoms with Gasteiger partial charge >= 0.3 is 6.03 Å². The third-order valence-electron chi connectivity index (χ3n) is 6.01. The number of fused-ring (bicyclic) bond motifs is 1. The van der Waals surface area contributed by atoms with Crippen molar-refractivity contribution in [1.82, 2.24) is 24.8 Å². The Balaban J connectivity index is 1.34. The summed E-state index contributed by atoms with van der Waals surface area (Å²) >= 11 is 7.46. The number of β-amino-alcohol motifs (C(OH)–C–C–N with tert-alkyl or cyclic N) is 1. The van der Waals surface area contributed by atoms with Crippen molar-refractivity contribution in [1.29, 1.82) is 0 Å². The summed E-state index contributed by atoms with van der Waals surface area (Å²) in [7, 11) is 1.53. The number of carbonyl (C=O) groups is 2. The molecule has 12 heteroatoms. The van der Waals surface area contributed by atoms with Gasteiger partial charge in [0.2, 0.25) is 0 Å². The van der Waals surface area contributed by atoms with Crippen molar-refractivity contribution in [2.75, 3.05) is 25.5 Å². The minimum Gasteiger partial charge on any atom is -0.494 e. The van der Waals surface area contributed by atoms with E-state index in [2.05, 4.69) is 20.3 Å². The first-order chi connectivity index (χ1) is 16.8. The number of aryl methyl sites for hydroxylation is 1. The fourth-order valence-corrected chi connectivity index (χ4v) is 5.40. The van der Waals surface area contributed by atoms with E-state index in [-0.39, 0.29) is 17.1 Å². The zero-order valence-electron chi connectivity index (χ0n) is 19.1. The number of carbonyl (C=O) groups excluding carboxylic acids is 2. The van der Waals surface area contributed by atoms with Crippen LogP contribution in [0.4, 0.5) is 9.93 Å². The maximum atomic E-state index is 13.2. The molecule has 0 saturated carbocycles.